The lowest BCUT2D eigenvalue weighted by atomic mass is 9.71. The smallest absolute Gasteiger partial charge is 0.362 e. The Bertz CT molecular complexity index is 1120. The number of nitrogens with one attached hydrogen (secondary N) is 1. The molecule has 1 saturated heterocycles. The van der Waals surface area contributed by atoms with Crippen molar-refractivity contribution in [1.29, 1.82) is 0 Å². The van der Waals surface area contributed by atoms with Crippen molar-refractivity contribution in [2.45, 2.75) is 57.6 Å². The molecular weight excluding hydrogens is 480 g/mol. The second kappa shape index (κ2) is 11.0. The number of nitrogens with zero attached hydrogens (tertiary/aromatic N) is 1. The molecule has 4 rings (SSSR count). The van der Waals surface area contributed by atoms with Crippen LogP contribution in [-0.4, -0.2) is 54.6 Å². The molecule has 1 N–H and O–H groups in total. The predicted molar refractivity (Wildman–Crippen MR) is 138 cm³/mol. The summed E-state index contributed by atoms with van der Waals surface area (Å²) < 4.78 is 11.0. The molecule has 1 aliphatic heterocycles. The first kappa shape index (κ1) is 26.2. The molecule has 1 heterocycles. The molecule has 1 aliphatic carbocycles. The van der Waals surface area contributed by atoms with E-state index in [1.54, 1.807) is 13.0 Å². The molecule has 7 nitrogen and oxygen atoms in total. The molecule has 8 heteroatoms. The van der Waals surface area contributed by atoms with Crippen LogP contribution < -0.4 is 5.32 Å². The second-order valence-corrected chi connectivity index (χ2v) is 10.4. The predicted octanol–water partition coefficient (Wildman–Crippen LogP) is 5.04. The Hall–Kier alpha value is -2.90. The number of benzene rings is 2. The summed E-state index contributed by atoms with van der Waals surface area (Å²) in [6, 6.07) is 12.8. The summed E-state index contributed by atoms with van der Waals surface area (Å²) in [6.07, 6.45) is 5.27. The molecule has 0 radical (unpaired) electrons. The summed E-state index contributed by atoms with van der Waals surface area (Å²) in [5, 5.41) is 3.44. The topological polar surface area (TPSA) is 81.7 Å². The van der Waals surface area contributed by atoms with E-state index in [1.165, 1.54) is 13.2 Å². The summed E-state index contributed by atoms with van der Waals surface area (Å²) in [5.74, 6) is -1.02. The van der Waals surface area contributed by atoms with Crippen LogP contribution in [0.1, 0.15) is 60.0 Å². The summed E-state index contributed by atoms with van der Waals surface area (Å²) in [7, 11) is 1.30. The van der Waals surface area contributed by atoms with E-state index in [1.807, 2.05) is 30.3 Å². The lowest BCUT2D eigenvalue weighted by Crippen LogP contribution is -2.74. The van der Waals surface area contributed by atoms with Crippen molar-refractivity contribution in [2.75, 3.05) is 32.1 Å². The van der Waals surface area contributed by atoms with Crippen molar-refractivity contribution in [1.82, 2.24) is 0 Å². The minimum absolute atomic E-state index is 0.156. The molecule has 1 saturated carbocycles. The van der Waals surface area contributed by atoms with Gasteiger partial charge >= 0.3 is 11.9 Å². The van der Waals surface area contributed by atoms with Gasteiger partial charge in [0.05, 0.1) is 31.5 Å². The van der Waals surface area contributed by atoms with Crippen LogP contribution in [0.15, 0.2) is 42.5 Å². The molecule has 2 aliphatic rings. The Morgan fingerprint density at radius 1 is 1.03 bits per heavy atom. The first-order valence-electron chi connectivity index (χ1n) is 12.6. The van der Waals surface area contributed by atoms with E-state index in [4.69, 9.17) is 21.1 Å². The third-order valence-corrected chi connectivity index (χ3v) is 8.02. The molecular formula is C28H34ClN2O5+. The van der Waals surface area contributed by atoms with Gasteiger partial charge in [0.1, 0.15) is 6.61 Å². The van der Waals surface area contributed by atoms with Crippen LogP contribution in [-0.2, 0) is 25.7 Å². The highest BCUT2D eigenvalue weighted by atomic mass is 35.5. The number of ether oxygens (including phenoxy) is 2. The van der Waals surface area contributed by atoms with E-state index >= 15 is 0 Å². The Kier molecular flexibility index (Phi) is 8.00. The first-order valence-corrected chi connectivity index (χ1v) is 12.9. The van der Waals surface area contributed by atoms with Crippen molar-refractivity contribution < 1.29 is 28.3 Å². The number of likely N-dealkylation sites (tertiary alicyclic amines) is 1. The van der Waals surface area contributed by atoms with Gasteiger partial charge in [-0.2, -0.15) is 0 Å². The third kappa shape index (κ3) is 5.13. The Labute approximate surface area is 217 Å². The number of rotatable bonds is 8. The number of hydrogen-bond donors (Lipinski definition) is 1. The van der Waals surface area contributed by atoms with Gasteiger partial charge in [-0.05, 0) is 55.9 Å². The van der Waals surface area contributed by atoms with Gasteiger partial charge in [-0.25, -0.2) is 9.59 Å². The molecule has 2 aromatic carbocycles. The average Bonchev–Trinajstić information content (AvgIpc) is 2.84. The SMILES string of the molecule is COC(=O)c1cc(Cl)cc(C)c1NC(=O)C1([N+]2(CC(=O)OCc3ccccc3)CCCCC2)CCC1. The fourth-order valence-corrected chi connectivity index (χ4v) is 6.00. The van der Waals surface area contributed by atoms with E-state index < -0.39 is 11.5 Å². The quantitative estimate of drug-likeness (QED) is 0.395. The summed E-state index contributed by atoms with van der Waals surface area (Å²) in [5.41, 5.74) is 1.49. The Balaban J connectivity index is 1.59. The van der Waals surface area contributed by atoms with E-state index in [0.29, 0.717) is 33.6 Å². The van der Waals surface area contributed by atoms with E-state index in [9.17, 15) is 14.4 Å². The third-order valence-electron chi connectivity index (χ3n) is 7.80. The largest absolute Gasteiger partial charge is 0.465 e. The average molecular weight is 514 g/mol. The zero-order valence-electron chi connectivity index (χ0n) is 21.0. The van der Waals surface area contributed by atoms with Crippen LogP contribution in [0, 0.1) is 6.92 Å². The number of esters is 2. The number of carbonyl (C=O) groups excluding carboxylic acids is 3. The van der Waals surface area contributed by atoms with Gasteiger partial charge < -0.3 is 19.3 Å². The molecule has 0 bridgehead atoms. The zero-order chi connectivity index (χ0) is 25.8. The number of amides is 1. The Morgan fingerprint density at radius 3 is 2.33 bits per heavy atom. The summed E-state index contributed by atoms with van der Waals surface area (Å²) >= 11 is 6.19. The van der Waals surface area contributed by atoms with Gasteiger partial charge in [-0.15, -0.1) is 0 Å². The summed E-state index contributed by atoms with van der Waals surface area (Å²) in [6.45, 7) is 3.66. The van der Waals surface area contributed by atoms with Crippen molar-refractivity contribution >= 4 is 35.1 Å². The number of methoxy groups -OCH3 is 1. The standard InChI is InChI=1S/C28H33ClN2O5/c1-20-16-22(29)17-23(26(33)35-2)25(20)30-27(34)28(12-9-13-28)31(14-7-4-8-15-31)18-24(32)36-19-21-10-5-3-6-11-21/h3,5-6,10-11,16-17H,4,7-9,12-15,18-19H2,1-2H3/p+1. The number of piperidine rings is 1. The van der Waals surface area contributed by atoms with Crippen molar-refractivity contribution in [2.24, 2.45) is 0 Å². The molecule has 2 fully saturated rings. The van der Waals surface area contributed by atoms with Crippen LogP contribution in [0.25, 0.3) is 0 Å². The molecule has 36 heavy (non-hydrogen) atoms. The highest BCUT2D eigenvalue weighted by Crippen LogP contribution is 2.46. The first-order chi connectivity index (χ1) is 17.3. The van der Waals surface area contributed by atoms with Gasteiger partial charge in [0.2, 0.25) is 0 Å². The lowest BCUT2D eigenvalue weighted by Gasteiger charge is -2.57. The van der Waals surface area contributed by atoms with E-state index in [0.717, 1.165) is 44.3 Å². The molecule has 0 unspecified atom stereocenters. The number of aryl methyl sites for hydroxylation is 1. The number of hydrogen-bond acceptors (Lipinski definition) is 5. The minimum Gasteiger partial charge on any atom is -0.465 e. The highest BCUT2D eigenvalue weighted by molar-refractivity contribution is 6.31. The van der Waals surface area contributed by atoms with Crippen LogP contribution in [0.2, 0.25) is 5.02 Å². The van der Waals surface area contributed by atoms with Crippen LogP contribution >= 0.6 is 11.6 Å². The molecule has 1 amide bonds. The number of quaternary nitrogens is 1. The maximum atomic E-state index is 14.0. The Morgan fingerprint density at radius 2 is 1.72 bits per heavy atom. The van der Waals surface area contributed by atoms with Gasteiger partial charge in [-0.3, -0.25) is 4.79 Å². The van der Waals surface area contributed by atoms with Gasteiger partial charge in [0.15, 0.2) is 12.1 Å². The summed E-state index contributed by atoms with van der Waals surface area (Å²) in [4.78, 5) is 39.6. The van der Waals surface area contributed by atoms with E-state index in [-0.39, 0.29) is 30.6 Å². The number of halogens is 1. The fraction of sp³-hybridized carbons (Fsp3) is 0.464. The maximum absolute atomic E-state index is 14.0. The maximum Gasteiger partial charge on any atom is 0.362 e. The molecule has 0 spiro atoms. The van der Waals surface area contributed by atoms with Gasteiger partial charge in [-0.1, -0.05) is 41.9 Å². The normalized spacial score (nSPS) is 18.0. The lowest BCUT2D eigenvalue weighted by molar-refractivity contribution is -0.970. The highest BCUT2D eigenvalue weighted by Gasteiger charge is 2.61. The molecule has 0 aromatic heterocycles. The second-order valence-electron chi connectivity index (χ2n) is 9.93. The zero-order valence-corrected chi connectivity index (χ0v) is 21.7. The van der Waals surface area contributed by atoms with Gasteiger partial charge in [0.25, 0.3) is 5.91 Å². The van der Waals surface area contributed by atoms with Gasteiger partial charge in [0, 0.05) is 17.9 Å². The van der Waals surface area contributed by atoms with Crippen molar-refractivity contribution in [3.8, 4) is 0 Å². The fourth-order valence-electron chi connectivity index (χ4n) is 5.72. The molecule has 0 atom stereocenters. The number of carbonyl (C=O) groups is 3. The minimum atomic E-state index is -0.744. The van der Waals surface area contributed by atoms with E-state index in [2.05, 4.69) is 5.32 Å². The monoisotopic (exact) mass is 513 g/mol. The number of anilines is 1. The molecule has 2 aromatic rings. The van der Waals surface area contributed by atoms with Crippen LogP contribution in [0.3, 0.4) is 0 Å². The van der Waals surface area contributed by atoms with Crippen LogP contribution in [0.5, 0.6) is 0 Å². The van der Waals surface area contributed by atoms with Crippen molar-refractivity contribution in [3.63, 3.8) is 0 Å². The van der Waals surface area contributed by atoms with Crippen LogP contribution in [0.4, 0.5) is 5.69 Å². The molecule has 192 valence electrons. The van der Waals surface area contributed by atoms with Crippen molar-refractivity contribution in [3.05, 3.63) is 64.2 Å².